The second-order valence-electron chi connectivity index (χ2n) is 4.47. The Morgan fingerprint density at radius 1 is 1.35 bits per heavy atom. The predicted molar refractivity (Wildman–Crippen MR) is 81.9 cm³/mol. The molecule has 2 N–H and O–H groups in total. The van der Waals surface area contributed by atoms with E-state index in [9.17, 15) is 4.79 Å². The number of benzene rings is 1. The summed E-state index contributed by atoms with van der Waals surface area (Å²) in [4.78, 5) is 11.9. The Morgan fingerprint density at radius 3 is 2.80 bits per heavy atom. The highest BCUT2D eigenvalue weighted by Crippen LogP contribution is 2.17. The van der Waals surface area contributed by atoms with Crippen molar-refractivity contribution >= 4 is 17.5 Å². The topological polar surface area (TPSA) is 49.3 Å². The van der Waals surface area contributed by atoms with Crippen LogP contribution in [0.1, 0.15) is 48.5 Å². The van der Waals surface area contributed by atoms with Crippen molar-refractivity contribution in [1.29, 1.82) is 0 Å². The highest BCUT2D eigenvalue weighted by Gasteiger charge is 2.07. The molecule has 1 rings (SSSR count). The van der Waals surface area contributed by atoms with Crippen LogP contribution in [0.5, 0.6) is 0 Å². The van der Waals surface area contributed by atoms with E-state index in [1.54, 1.807) is 18.2 Å². The molecule has 1 aromatic rings. The SMILES string of the molecule is CCCCCCNC(=O)c1ccc(C#CCO)c(Cl)c1. The fourth-order valence-electron chi connectivity index (χ4n) is 1.75. The van der Waals surface area contributed by atoms with E-state index >= 15 is 0 Å². The lowest BCUT2D eigenvalue weighted by Gasteiger charge is -2.06. The molecule has 0 saturated carbocycles. The van der Waals surface area contributed by atoms with Crippen LogP contribution in [0.25, 0.3) is 0 Å². The van der Waals surface area contributed by atoms with Gasteiger partial charge in [-0.3, -0.25) is 4.79 Å². The molecule has 108 valence electrons. The normalized spacial score (nSPS) is 9.75. The molecule has 0 heterocycles. The average Bonchev–Trinajstić information content (AvgIpc) is 2.45. The summed E-state index contributed by atoms with van der Waals surface area (Å²) in [5, 5.41) is 11.9. The first kappa shape index (κ1) is 16.6. The molecular formula is C16H20ClNO2. The molecule has 0 aliphatic rings. The van der Waals surface area contributed by atoms with Crippen molar-refractivity contribution in [3.8, 4) is 11.8 Å². The number of hydrogen-bond acceptors (Lipinski definition) is 2. The zero-order valence-corrected chi connectivity index (χ0v) is 12.5. The minimum Gasteiger partial charge on any atom is -0.384 e. The van der Waals surface area contributed by atoms with Crippen LogP contribution in [0.4, 0.5) is 0 Å². The molecule has 0 aromatic heterocycles. The number of aliphatic hydroxyl groups excluding tert-OH is 1. The van der Waals surface area contributed by atoms with Crippen LogP contribution in [0, 0.1) is 11.8 Å². The Bertz CT molecular complexity index is 503. The molecule has 0 aliphatic heterocycles. The fourth-order valence-corrected chi connectivity index (χ4v) is 1.98. The third kappa shape index (κ3) is 5.64. The molecule has 0 aliphatic carbocycles. The van der Waals surface area contributed by atoms with E-state index in [-0.39, 0.29) is 12.5 Å². The Labute approximate surface area is 125 Å². The van der Waals surface area contributed by atoms with Gasteiger partial charge in [-0.25, -0.2) is 0 Å². The largest absolute Gasteiger partial charge is 0.384 e. The standard InChI is InChI=1S/C16H20ClNO2/c1-2-3-4-5-10-18-16(20)14-9-8-13(7-6-11-19)15(17)12-14/h8-9,12,19H,2-5,10-11H2,1H3,(H,18,20). The molecule has 0 fully saturated rings. The molecular weight excluding hydrogens is 274 g/mol. The lowest BCUT2D eigenvalue weighted by Crippen LogP contribution is -2.24. The highest BCUT2D eigenvalue weighted by atomic mass is 35.5. The van der Waals surface area contributed by atoms with E-state index < -0.39 is 0 Å². The number of halogens is 1. The van der Waals surface area contributed by atoms with Crippen LogP contribution in [0.2, 0.25) is 5.02 Å². The minimum atomic E-state index is -0.212. The lowest BCUT2D eigenvalue weighted by molar-refractivity contribution is 0.0953. The Kier molecular flexibility index (Phi) is 7.79. The molecule has 1 aromatic carbocycles. The van der Waals surface area contributed by atoms with Gasteiger partial charge < -0.3 is 10.4 Å². The number of aliphatic hydroxyl groups is 1. The van der Waals surface area contributed by atoms with Gasteiger partial charge in [0.05, 0.1) is 5.02 Å². The smallest absolute Gasteiger partial charge is 0.251 e. The molecule has 0 unspecified atom stereocenters. The third-order valence-corrected chi connectivity index (χ3v) is 3.16. The summed E-state index contributed by atoms with van der Waals surface area (Å²) < 4.78 is 0. The van der Waals surface area contributed by atoms with Gasteiger partial charge in [-0.05, 0) is 24.6 Å². The van der Waals surface area contributed by atoms with Gasteiger partial charge >= 0.3 is 0 Å². The van der Waals surface area contributed by atoms with E-state index in [0.29, 0.717) is 22.7 Å². The molecule has 20 heavy (non-hydrogen) atoms. The first-order valence-electron chi connectivity index (χ1n) is 6.86. The van der Waals surface area contributed by atoms with E-state index in [4.69, 9.17) is 16.7 Å². The highest BCUT2D eigenvalue weighted by molar-refractivity contribution is 6.32. The summed E-state index contributed by atoms with van der Waals surface area (Å²) >= 11 is 6.05. The quantitative estimate of drug-likeness (QED) is 0.626. The Morgan fingerprint density at radius 2 is 2.15 bits per heavy atom. The fraction of sp³-hybridized carbons (Fsp3) is 0.438. The van der Waals surface area contributed by atoms with Crippen LogP contribution in [-0.2, 0) is 0 Å². The maximum Gasteiger partial charge on any atom is 0.251 e. The number of amides is 1. The van der Waals surface area contributed by atoms with Crippen LogP contribution < -0.4 is 5.32 Å². The molecule has 4 heteroatoms. The molecule has 0 atom stereocenters. The van der Waals surface area contributed by atoms with Crippen LogP contribution in [0.15, 0.2) is 18.2 Å². The first-order valence-corrected chi connectivity index (χ1v) is 7.24. The summed E-state index contributed by atoms with van der Waals surface area (Å²) in [6.07, 6.45) is 4.50. The van der Waals surface area contributed by atoms with E-state index in [0.717, 1.165) is 12.8 Å². The van der Waals surface area contributed by atoms with Crippen molar-refractivity contribution in [2.24, 2.45) is 0 Å². The maximum atomic E-state index is 11.9. The molecule has 0 saturated heterocycles. The van der Waals surface area contributed by atoms with Crippen LogP contribution >= 0.6 is 11.6 Å². The second-order valence-corrected chi connectivity index (χ2v) is 4.88. The van der Waals surface area contributed by atoms with Crippen molar-refractivity contribution in [2.45, 2.75) is 32.6 Å². The number of carbonyl (C=O) groups is 1. The van der Waals surface area contributed by atoms with Crippen LogP contribution in [-0.4, -0.2) is 24.2 Å². The van der Waals surface area contributed by atoms with Gasteiger partial charge in [0.25, 0.3) is 5.91 Å². The average molecular weight is 294 g/mol. The molecule has 3 nitrogen and oxygen atoms in total. The van der Waals surface area contributed by atoms with Gasteiger partial charge in [0.2, 0.25) is 0 Å². The zero-order valence-electron chi connectivity index (χ0n) is 11.7. The van der Waals surface area contributed by atoms with Crippen LogP contribution in [0.3, 0.4) is 0 Å². The van der Waals surface area contributed by atoms with Crippen molar-refractivity contribution in [3.05, 3.63) is 34.3 Å². The molecule has 0 bridgehead atoms. The van der Waals surface area contributed by atoms with E-state index in [1.807, 2.05) is 0 Å². The Balaban J connectivity index is 2.54. The minimum absolute atomic E-state index is 0.120. The van der Waals surface area contributed by atoms with Gasteiger partial charge in [-0.1, -0.05) is 49.6 Å². The van der Waals surface area contributed by atoms with Gasteiger partial charge in [0, 0.05) is 17.7 Å². The van der Waals surface area contributed by atoms with Gasteiger partial charge in [-0.15, -0.1) is 0 Å². The summed E-state index contributed by atoms with van der Waals surface area (Å²) in [5.41, 5.74) is 1.14. The van der Waals surface area contributed by atoms with Crippen molar-refractivity contribution in [3.63, 3.8) is 0 Å². The van der Waals surface area contributed by atoms with E-state index in [2.05, 4.69) is 24.1 Å². The first-order chi connectivity index (χ1) is 9.69. The number of nitrogens with one attached hydrogen (secondary N) is 1. The van der Waals surface area contributed by atoms with Gasteiger partial charge in [0.1, 0.15) is 6.61 Å². The van der Waals surface area contributed by atoms with Crippen molar-refractivity contribution in [2.75, 3.05) is 13.2 Å². The third-order valence-electron chi connectivity index (χ3n) is 2.85. The second kappa shape index (κ2) is 9.41. The molecule has 0 spiro atoms. The monoisotopic (exact) mass is 293 g/mol. The lowest BCUT2D eigenvalue weighted by atomic mass is 10.1. The summed E-state index contributed by atoms with van der Waals surface area (Å²) in [7, 11) is 0. The summed E-state index contributed by atoms with van der Waals surface area (Å²) in [6, 6.07) is 4.98. The number of carbonyl (C=O) groups excluding carboxylic acids is 1. The zero-order chi connectivity index (χ0) is 14.8. The summed E-state index contributed by atoms with van der Waals surface area (Å²) in [5.74, 6) is 5.14. The summed E-state index contributed by atoms with van der Waals surface area (Å²) in [6.45, 7) is 2.63. The van der Waals surface area contributed by atoms with Gasteiger partial charge in [-0.2, -0.15) is 0 Å². The maximum absolute atomic E-state index is 11.9. The van der Waals surface area contributed by atoms with Crippen molar-refractivity contribution < 1.29 is 9.90 Å². The Hall–Kier alpha value is -1.50. The number of hydrogen-bond donors (Lipinski definition) is 2. The number of unbranched alkanes of at least 4 members (excludes halogenated alkanes) is 3. The molecule has 1 amide bonds. The van der Waals surface area contributed by atoms with E-state index in [1.165, 1.54) is 12.8 Å². The number of rotatable bonds is 6. The molecule has 0 radical (unpaired) electrons. The van der Waals surface area contributed by atoms with Crippen molar-refractivity contribution in [1.82, 2.24) is 5.32 Å². The van der Waals surface area contributed by atoms with Gasteiger partial charge in [0.15, 0.2) is 0 Å². The predicted octanol–water partition coefficient (Wildman–Crippen LogP) is 2.99.